The molecule has 1 aromatic rings. The molecule has 0 aromatic heterocycles. The van der Waals surface area contributed by atoms with Crippen LogP contribution in [0.5, 0.6) is 5.75 Å². The summed E-state index contributed by atoms with van der Waals surface area (Å²) in [6.45, 7) is 6.08. The molecule has 2 rings (SSSR count). The van der Waals surface area contributed by atoms with Crippen molar-refractivity contribution >= 4 is 12.0 Å². The normalized spacial score (nSPS) is 15.4. The van der Waals surface area contributed by atoms with Crippen LogP contribution in [0.4, 0.5) is 4.79 Å². The molecule has 24 heavy (non-hydrogen) atoms. The maximum absolute atomic E-state index is 12.0. The van der Waals surface area contributed by atoms with Gasteiger partial charge in [0.2, 0.25) is 0 Å². The van der Waals surface area contributed by atoms with Gasteiger partial charge in [-0.1, -0.05) is 26.0 Å². The Labute approximate surface area is 142 Å². The fourth-order valence-electron chi connectivity index (χ4n) is 2.72. The maximum atomic E-state index is 12.0. The molecule has 1 aliphatic rings. The molecule has 0 unspecified atom stereocenters. The lowest BCUT2D eigenvalue weighted by atomic mass is 9.97. The Morgan fingerprint density at radius 2 is 1.88 bits per heavy atom. The van der Waals surface area contributed by atoms with Gasteiger partial charge in [-0.05, 0) is 36.5 Å². The first-order chi connectivity index (χ1) is 11.5. The predicted molar refractivity (Wildman–Crippen MR) is 91.4 cm³/mol. The Morgan fingerprint density at radius 3 is 2.42 bits per heavy atom. The Morgan fingerprint density at radius 1 is 1.25 bits per heavy atom. The number of benzene rings is 1. The van der Waals surface area contributed by atoms with E-state index in [0.29, 0.717) is 45.0 Å². The van der Waals surface area contributed by atoms with Gasteiger partial charge in [0.15, 0.2) is 0 Å². The number of nitrogens with zero attached hydrogens (tertiary/aromatic N) is 1. The third-order valence-corrected chi connectivity index (χ3v) is 4.33. The third kappa shape index (κ3) is 5.15. The molecule has 1 heterocycles. The maximum Gasteiger partial charge on any atom is 0.317 e. The number of urea groups is 1. The van der Waals surface area contributed by atoms with Crippen molar-refractivity contribution in [2.24, 2.45) is 5.92 Å². The standard InChI is InChI=1S/C18H26N2O4/c1-13(2)14-3-5-16(6-4-14)24-12-9-19-18(23)20-10-7-15(8-11-20)17(21)22/h3-6,13,15H,7-12H2,1-2H3,(H,19,23)(H,21,22). The van der Waals surface area contributed by atoms with Gasteiger partial charge in [0.05, 0.1) is 12.5 Å². The number of carbonyl (C=O) groups excluding carboxylic acids is 1. The van der Waals surface area contributed by atoms with E-state index in [1.807, 2.05) is 24.3 Å². The summed E-state index contributed by atoms with van der Waals surface area (Å²) in [6.07, 6.45) is 1.03. The number of hydrogen-bond acceptors (Lipinski definition) is 3. The third-order valence-electron chi connectivity index (χ3n) is 4.33. The number of carboxylic acids is 1. The molecule has 0 bridgehead atoms. The van der Waals surface area contributed by atoms with Crippen molar-refractivity contribution in [2.75, 3.05) is 26.2 Å². The van der Waals surface area contributed by atoms with E-state index < -0.39 is 5.97 Å². The number of likely N-dealkylation sites (tertiary alicyclic amines) is 1. The second-order valence-corrected chi connectivity index (χ2v) is 6.40. The van der Waals surface area contributed by atoms with Gasteiger partial charge in [0, 0.05) is 13.1 Å². The van der Waals surface area contributed by atoms with E-state index in [2.05, 4.69) is 19.2 Å². The highest BCUT2D eigenvalue weighted by Crippen LogP contribution is 2.19. The first-order valence-electron chi connectivity index (χ1n) is 8.45. The highest BCUT2D eigenvalue weighted by molar-refractivity contribution is 5.75. The number of piperidine rings is 1. The smallest absolute Gasteiger partial charge is 0.317 e. The van der Waals surface area contributed by atoms with Crippen LogP contribution in [0.2, 0.25) is 0 Å². The summed E-state index contributed by atoms with van der Waals surface area (Å²) >= 11 is 0. The van der Waals surface area contributed by atoms with Gasteiger partial charge in [0.25, 0.3) is 0 Å². The molecule has 132 valence electrons. The van der Waals surface area contributed by atoms with E-state index in [-0.39, 0.29) is 11.9 Å². The van der Waals surface area contributed by atoms with Gasteiger partial charge in [-0.2, -0.15) is 0 Å². The summed E-state index contributed by atoms with van der Waals surface area (Å²) in [5.74, 6) is 0.178. The van der Waals surface area contributed by atoms with E-state index in [0.717, 1.165) is 5.75 Å². The molecule has 6 nitrogen and oxygen atoms in total. The van der Waals surface area contributed by atoms with Gasteiger partial charge >= 0.3 is 12.0 Å². The molecule has 0 aliphatic carbocycles. The minimum Gasteiger partial charge on any atom is -0.492 e. The molecular weight excluding hydrogens is 308 g/mol. The van der Waals surface area contributed by atoms with E-state index >= 15 is 0 Å². The largest absolute Gasteiger partial charge is 0.492 e. The fourth-order valence-corrected chi connectivity index (χ4v) is 2.72. The monoisotopic (exact) mass is 334 g/mol. The van der Waals surface area contributed by atoms with Crippen LogP contribution in [0.25, 0.3) is 0 Å². The van der Waals surface area contributed by atoms with Crippen LogP contribution in [0.1, 0.15) is 38.2 Å². The van der Waals surface area contributed by atoms with E-state index in [1.165, 1.54) is 5.56 Å². The van der Waals surface area contributed by atoms with E-state index in [1.54, 1.807) is 4.90 Å². The Balaban J connectivity index is 1.65. The number of aliphatic carboxylic acids is 1. The first kappa shape index (κ1) is 18.1. The predicted octanol–water partition coefficient (Wildman–Crippen LogP) is 2.70. The van der Waals surface area contributed by atoms with Crippen LogP contribution >= 0.6 is 0 Å². The number of carbonyl (C=O) groups is 2. The highest BCUT2D eigenvalue weighted by atomic mass is 16.5. The summed E-state index contributed by atoms with van der Waals surface area (Å²) in [5.41, 5.74) is 1.26. The van der Waals surface area contributed by atoms with E-state index in [9.17, 15) is 9.59 Å². The lowest BCUT2D eigenvalue weighted by Crippen LogP contribution is -2.46. The van der Waals surface area contributed by atoms with E-state index in [4.69, 9.17) is 9.84 Å². The second-order valence-electron chi connectivity index (χ2n) is 6.40. The second kappa shape index (κ2) is 8.57. The first-order valence-corrected chi connectivity index (χ1v) is 8.45. The molecule has 0 saturated carbocycles. The summed E-state index contributed by atoms with van der Waals surface area (Å²) in [4.78, 5) is 24.6. The lowest BCUT2D eigenvalue weighted by molar-refractivity contribution is -0.143. The Hall–Kier alpha value is -2.24. The number of amides is 2. The highest BCUT2D eigenvalue weighted by Gasteiger charge is 2.26. The van der Waals surface area contributed by atoms with Crippen molar-refractivity contribution < 1.29 is 19.4 Å². The molecular formula is C18H26N2O4. The number of rotatable bonds is 6. The molecule has 2 N–H and O–H groups in total. The van der Waals surface area contributed by atoms with Gasteiger partial charge in [-0.3, -0.25) is 4.79 Å². The topological polar surface area (TPSA) is 78.9 Å². The number of nitrogens with one attached hydrogen (secondary N) is 1. The van der Waals surface area contributed by atoms with Crippen LogP contribution in [-0.4, -0.2) is 48.2 Å². The molecule has 0 spiro atoms. The zero-order chi connectivity index (χ0) is 17.5. The minimum atomic E-state index is -0.771. The van der Waals surface area contributed by atoms with Crippen LogP contribution in [0.15, 0.2) is 24.3 Å². The van der Waals surface area contributed by atoms with Gasteiger partial charge in [0.1, 0.15) is 12.4 Å². The Kier molecular flexibility index (Phi) is 6.46. The molecule has 6 heteroatoms. The van der Waals surface area contributed by atoms with Crippen LogP contribution in [-0.2, 0) is 4.79 Å². The fraction of sp³-hybridized carbons (Fsp3) is 0.556. The molecule has 1 aliphatic heterocycles. The average molecular weight is 334 g/mol. The van der Waals surface area contributed by atoms with Crippen molar-refractivity contribution in [3.63, 3.8) is 0 Å². The van der Waals surface area contributed by atoms with Crippen LogP contribution < -0.4 is 10.1 Å². The van der Waals surface area contributed by atoms with Gasteiger partial charge in [-0.15, -0.1) is 0 Å². The van der Waals surface area contributed by atoms with Crippen molar-refractivity contribution in [1.82, 2.24) is 10.2 Å². The average Bonchev–Trinajstić information content (AvgIpc) is 2.59. The summed E-state index contributed by atoms with van der Waals surface area (Å²) in [7, 11) is 0. The molecule has 0 atom stereocenters. The Bertz CT molecular complexity index is 549. The van der Waals surface area contributed by atoms with Gasteiger partial charge < -0.3 is 20.1 Å². The molecule has 1 aromatic carbocycles. The van der Waals surface area contributed by atoms with Crippen molar-refractivity contribution in [3.05, 3.63) is 29.8 Å². The van der Waals surface area contributed by atoms with Gasteiger partial charge in [-0.25, -0.2) is 4.79 Å². The van der Waals surface area contributed by atoms with Crippen LogP contribution in [0.3, 0.4) is 0 Å². The lowest BCUT2D eigenvalue weighted by Gasteiger charge is -2.30. The molecule has 2 amide bonds. The van der Waals surface area contributed by atoms with Crippen LogP contribution in [0, 0.1) is 5.92 Å². The van der Waals surface area contributed by atoms with Crippen molar-refractivity contribution in [1.29, 1.82) is 0 Å². The molecule has 1 saturated heterocycles. The number of ether oxygens (including phenoxy) is 1. The zero-order valence-corrected chi connectivity index (χ0v) is 14.3. The summed E-state index contributed by atoms with van der Waals surface area (Å²) in [6, 6.07) is 7.82. The summed E-state index contributed by atoms with van der Waals surface area (Å²) in [5, 5.41) is 11.8. The molecule has 1 fully saturated rings. The zero-order valence-electron chi connectivity index (χ0n) is 14.3. The summed E-state index contributed by atoms with van der Waals surface area (Å²) < 4.78 is 5.62. The number of carboxylic acid groups (broad SMARTS) is 1. The van der Waals surface area contributed by atoms with Crippen molar-refractivity contribution in [2.45, 2.75) is 32.6 Å². The molecule has 0 radical (unpaired) electrons. The number of hydrogen-bond donors (Lipinski definition) is 2. The SMILES string of the molecule is CC(C)c1ccc(OCCNC(=O)N2CCC(C(=O)O)CC2)cc1. The quantitative estimate of drug-likeness (QED) is 0.784. The van der Waals surface area contributed by atoms with Crippen molar-refractivity contribution in [3.8, 4) is 5.75 Å². The minimum absolute atomic E-state index is 0.155.